The van der Waals surface area contributed by atoms with E-state index < -0.39 is 34.6 Å². The maximum absolute atomic E-state index is 13.8. The zero-order valence-corrected chi connectivity index (χ0v) is 16.4. The van der Waals surface area contributed by atoms with Gasteiger partial charge < -0.3 is 19.9 Å². The molecule has 156 valence electrons. The predicted octanol–water partition coefficient (Wildman–Crippen LogP) is 1.82. The number of nitrogens with one attached hydrogen (secondary N) is 1. The molecule has 0 bridgehead atoms. The smallest absolute Gasteiger partial charge is 0.275 e. The average molecular weight is 433 g/mol. The number of hydrogen-bond acceptors (Lipinski definition) is 5. The van der Waals surface area contributed by atoms with Crippen LogP contribution in [0.25, 0.3) is 0 Å². The monoisotopic (exact) mass is 433 g/mol. The van der Waals surface area contributed by atoms with Gasteiger partial charge in [-0.3, -0.25) is 14.4 Å². The zero-order valence-electron chi connectivity index (χ0n) is 15.6. The molecule has 1 saturated carbocycles. The van der Waals surface area contributed by atoms with Crippen molar-refractivity contribution in [1.29, 1.82) is 0 Å². The van der Waals surface area contributed by atoms with Crippen molar-refractivity contribution >= 4 is 23.6 Å². The summed E-state index contributed by atoms with van der Waals surface area (Å²) < 4.78 is 28.2. The first-order valence-electron chi connectivity index (χ1n) is 9.52. The first-order chi connectivity index (χ1) is 14.3. The van der Waals surface area contributed by atoms with Crippen LogP contribution in [-0.2, 0) is 13.1 Å². The number of amides is 2. The van der Waals surface area contributed by atoms with Gasteiger partial charge in [-0.2, -0.15) is 0 Å². The lowest BCUT2D eigenvalue weighted by Crippen LogP contribution is -2.52. The van der Waals surface area contributed by atoms with Gasteiger partial charge in [-0.15, -0.1) is 11.8 Å². The van der Waals surface area contributed by atoms with Gasteiger partial charge in [0, 0.05) is 35.7 Å². The highest BCUT2D eigenvalue weighted by Crippen LogP contribution is 2.49. The highest BCUT2D eigenvalue weighted by molar-refractivity contribution is 8.00. The van der Waals surface area contributed by atoms with E-state index in [4.69, 9.17) is 0 Å². The summed E-state index contributed by atoms with van der Waals surface area (Å²) in [5, 5.41) is 13.1. The van der Waals surface area contributed by atoms with Gasteiger partial charge in [-0.1, -0.05) is 6.07 Å². The van der Waals surface area contributed by atoms with Crippen LogP contribution in [0.15, 0.2) is 29.2 Å². The molecule has 1 aromatic heterocycles. The fraction of sp³-hybridized carbons (Fsp3) is 0.350. The van der Waals surface area contributed by atoms with Crippen molar-refractivity contribution in [3.8, 4) is 5.75 Å². The lowest BCUT2D eigenvalue weighted by molar-refractivity contribution is 0.0531. The number of hydrogen-bond donors (Lipinski definition) is 2. The Morgan fingerprint density at radius 1 is 1.27 bits per heavy atom. The van der Waals surface area contributed by atoms with Crippen molar-refractivity contribution in [3.05, 3.63) is 63.1 Å². The molecule has 7 nitrogen and oxygen atoms in total. The number of pyridine rings is 1. The fourth-order valence-electron chi connectivity index (χ4n) is 4.23. The molecule has 1 saturated heterocycles. The van der Waals surface area contributed by atoms with Crippen molar-refractivity contribution in [3.63, 3.8) is 0 Å². The molecule has 2 fully saturated rings. The first-order valence-corrected chi connectivity index (χ1v) is 10.5. The van der Waals surface area contributed by atoms with Gasteiger partial charge in [0.15, 0.2) is 11.4 Å². The van der Waals surface area contributed by atoms with E-state index in [1.807, 2.05) is 0 Å². The summed E-state index contributed by atoms with van der Waals surface area (Å²) >= 11 is 1.70. The molecule has 0 radical (unpaired) electrons. The molecule has 0 spiro atoms. The summed E-state index contributed by atoms with van der Waals surface area (Å²) in [5.41, 5.74) is -1.35. The van der Waals surface area contributed by atoms with E-state index in [0.29, 0.717) is 17.9 Å². The third-order valence-electron chi connectivity index (χ3n) is 5.92. The molecular weight excluding hydrogens is 416 g/mol. The topological polar surface area (TPSA) is 91.6 Å². The molecular formula is C20H17F2N3O4S. The van der Waals surface area contributed by atoms with E-state index in [9.17, 15) is 28.3 Å². The second-order valence-corrected chi connectivity index (χ2v) is 9.05. The molecule has 2 aromatic rings. The quantitative estimate of drug-likeness (QED) is 0.771. The minimum atomic E-state index is -0.956. The third kappa shape index (κ3) is 2.81. The molecule has 2 amide bonds. The average Bonchev–Trinajstić information content (AvgIpc) is 2.94. The van der Waals surface area contributed by atoms with E-state index in [1.165, 1.54) is 16.8 Å². The van der Waals surface area contributed by atoms with Gasteiger partial charge in [0.05, 0.1) is 11.9 Å². The Kier molecular flexibility index (Phi) is 4.35. The maximum Gasteiger partial charge on any atom is 0.275 e. The van der Waals surface area contributed by atoms with Gasteiger partial charge in [0.25, 0.3) is 11.8 Å². The number of carbonyl (C=O) groups is 2. The van der Waals surface area contributed by atoms with E-state index >= 15 is 0 Å². The second kappa shape index (κ2) is 6.83. The Balaban J connectivity index is 1.43. The lowest BCUT2D eigenvalue weighted by Gasteiger charge is -2.39. The van der Waals surface area contributed by atoms with Crippen LogP contribution in [0.4, 0.5) is 8.78 Å². The van der Waals surface area contributed by atoms with Crippen molar-refractivity contribution in [2.75, 3.05) is 0 Å². The summed E-state index contributed by atoms with van der Waals surface area (Å²) in [7, 11) is 0. The summed E-state index contributed by atoms with van der Waals surface area (Å²) in [6, 6.07) is 3.09. The Hall–Kier alpha value is -2.88. The Bertz CT molecular complexity index is 1150. The van der Waals surface area contributed by atoms with Crippen LogP contribution in [0, 0.1) is 11.6 Å². The number of rotatable bonds is 3. The van der Waals surface area contributed by atoms with Crippen LogP contribution in [0.2, 0.25) is 0 Å². The van der Waals surface area contributed by atoms with Crippen LogP contribution < -0.4 is 10.7 Å². The standard InChI is InChI=1S/C20H17F2N3O4S/c21-10-2-1-9(12(22)5-10)6-23-19(28)11-7-24-8-15-25(13-3-4-14(13)30-15)20(29)16(24)18(27)17(11)26/h1-2,5,7,13-15,27H,3-4,6,8H2,(H,23,28)/t13-,14+,15?/m0/s1. The molecule has 1 aromatic carbocycles. The lowest BCUT2D eigenvalue weighted by atomic mass is 9.90. The van der Waals surface area contributed by atoms with Gasteiger partial charge in [0.1, 0.15) is 17.2 Å². The Morgan fingerprint density at radius 3 is 2.77 bits per heavy atom. The first kappa shape index (κ1) is 19.1. The molecule has 3 heterocycles. The summed E-state index contributed by atoms with van der Waals surface area (Å²) in [6.07, 6.45) is 3.21. The summed E-state index contributed by atoms with van der Waals surface area (Å²) in [6.45, 7) is 0.0981. The molecule has 30 heavy (non-hydrogen) atoms. The molecule has 3 aliphatic rings. The highest BCUT2D eigenvalue weighted by atomic mass is 32.2. The predicted molar refractivity (Wildman–Crippen MR) is 104 cm³/mol. The van der Waals surface area contributed by atoms with Crippen LogP contribution in [-0.4, -0.2) is 43.1 Å². The number of halogens is 2. The second-order valence-electron chi connectivity index (χ2n) is 7.63. The van der Waals surface area contributed by atoms with Crippen LogP contribution in [0.3, 0.4) is 0 Å². The van der Waals surface area contributed by atoms with Gasteiger partial charge >= 0.3 is 0 Å². The summed E-state index contributed by atoms with van der Waals surface area (Å²) in [4.78, 5) is 39.8. The minimum absolute atomic E-state index is 0.0516. The van der Waals surface area contributed by atoms with E-state index in [0.717, 1.165) is 18.9 Å². The highest BCUT2D eigenvalue weighted by Gasteiger charge is 2.52. The van der Waals surface area contributed by atoms with Crippen LogP contribution >= 0.6 is 11.8 Å². The molecule has 1 aliphatic carbocycles. The van der Waals surface area contributed by atoms with E-state index in [-0.39, 0.29) is 34.8 Å². The van der Waals surface area contributed by atoms with Crippen LogP contribution in [0.5, 0.6) is 5.75 Å². The number of nitrogens with zero attached hydrogens (tertiary/aromatic N) is 2. The van der Waals surface area contributed by atoms with Crippen LogP contribution in [0.1, 0.15) is 39.3 Å². The van der Waals surface area contributed by atoms with E-state index in [1.54, 1.807) is 16.7 Å². The fourth-order valence-corrected chi connectivity index (χ4v) is 5.98. The van der Waals surface area contributed by atoms with Crippen molar-refractivity contribution in [1.82, 2.24) is 14.8 Å². The molecule has 10 heteroatoms. The zero-order chi connectivity index (χ0) is 21.2. The maximum atomic E-state index is 13.8. The van der Waals surface area contributed by atoms with E-state index in [2.05, 4.69) is 5.32 Å². The third-order valence-corrected chi connectivity index (χ3v) is 7.51. The number of aromatic nitrogens is 1. The molecule has 2 N–H and O–H groups in total. The van der Waals surface area contributed by atoms with Crippen molar-refractivity contribution < 1.29 is 23.5 Å². The molecule has 2 aliphatic heterocycles. The number of benzene rings is 1. The molecule has 1 unspecified atom stereocenters. The van der Waals surface area contributed by atoms with Crippen molar-refractivity contribution in [2.45, 2.75) is 42.6 Å². The van der Waals surface area contributed by atoms with Gasteiger partial charge in [-0.05, 0) is 18.9 Å². The minimum Gasteiger partial charge on any atom is -0.503 e. The number of thioether (sulfide) groups is 1. The number of aromatic hydroxyl groups is 1. The number of carbonyl (C=O) groups excluding carboxylic acids is 2. The Labute approximate surface area is 173 Å². The normalized spacial score (nSPS) is 24.0. The largest absolute Gasteiger partial charge is 0.503 e. The van der Waals surface area contributed by atoms with Gasteiger partial charge in [-0.25, -0.2) is 8.78 Å². The SMILES string of the molecule is O=C(NCc1ccc(F)cc1F)c1cn2c(c(O)c1=O)C(=O)N1C(C2)S[C@@H]2CC[C@@H]21. The Morgan fingerprint density at radius 2 is 2.07 bits per heavy atom. The molecule has 3 atom stereocenters. The number of fused-ring (bicyclic) bond motifs is 4. The molecule has 5 rings (SSSR count). The van der Waals surface area contributed by atoms with Gasteiger partial charge in [0.2, 0.25) is 5.43 Å². The van der Waals surface area contributed by atoms with Crippen molar-refractivity contribution in [2.24, 2.45) is 0 Å². The summed E-state index contributed by atoms with van der Waals surface area (Å²) in [5.74, 6) is -3.53.